The van der Waals surface area contributed by atoms with Gasteiger partial charge in [0.2, 0.25) is 5.91 Å². The number of nitrogens with zero attached hydrogens (tertiary/aromatic N) is 5. The molecular formula is C16H22N6O2. The van der Waals surface area contributed by atoms with E-state index in [1.807, 2.05) is 17.6 Å². The number of carbonyl (C=O) groups excluding carboxylic acids is 1. The van der Waals surface area contributed by atoms with Gasteiger partial charge < -0.3 is 19.5 Å². The molecule has 2 atom stereocenters. The third-order valence-electron chi connectivity index (χ3n) is 4.34. The molecule has 1 aliphatic heterocycles. The molecule has 2 aromatic heterocycles. The van der Waals surface area contributed by atoms with Crippen LogP contribution in [0.4, 0.5) is 5.82 Å². The molecule has 8 heteroatoms. The van der Waals surface area contributed by atoms with Crippen LogP contribution in [0.25, 0.3) is 0 Å². The third kappa shape index (κ3) is 3.70. The standard InChI is InChI=1S/C16H22N6O2/c1-12-6-18-11-21(12)9-16(23)19-7-13-5-14(24-2)8-22(13)15-3-4-17-10-20-15/h3-4,6,10-11,13-14H,5,7-9H2,1-2H3,(H,19,23)/t13-,14-/m1/s1. The van der Waals surface area contributed by atoms with Crippen molar-refractivity contribution in [1.29, 1.82) is 0 Å². The predicted molar refractivity (Wildman–Crippen MR) is 88.6 cm³/mol. The fraction of sp³-hybridized carbons (Fsp3) is 0.500. The molecule has 24 heavy (non-hydrogen) atoms. The second-order valence-corrected chi connectivity index (χ2v) is 5.93. The zero-order chi connectivity index (χ0) is 16.9. The first-order valence-corrected chi connectivity index (χ1v) is 7.96. The molecule has 3 rings (SSSR count). The summed E-state index contributed by atoms with van der Waals surface area (Å²) in [5.74, 6) is 0.828. The summed E-state index contributed by atoms with van der Waals surface area (Å²) in [5, 5.41) is 3.01. The van der Waals surface area contributed by atoms with E-state index in [0.717, 1.165) is 24.5 Å². The molecule has 1 fully saturated rings. The van der Waals surface area contributed by atoms with Crippen LogP contribution < -0.4 is 10.2 Å². The quantitative estimate of drug-likeness (QED) is 0.825. The van der Waals surface area contributed by atoms with E-state index in [1.165, 1.54) is 6.33 Å². The highest BCUT2D eigenvalue weighted by atomic mass is 16.5. The lowest BCUT2D eigenvalue weighted by molar-refractivity contribution is -0.121. The molecule has 2 aromatic rings. The summed E-state index contributed by atoms with van der Waals surface area (Å²) >= 11 is 0. The molecule has 0 radical (unpaired) electrons. The monoisotopic (exact) mass is 330 g/mol. The Morgan fingerprint density at radius 3 is 3.00 bits per heavy atom. The first kappa shape index (κ1) is 16.4. The van der Waals surface area contributed by atoms with Gasteiger partial charge in [-0.05, 0) is 19.4 Å². The van der Waals surface area contributed by atoms with Crippen LogP contribution in [-0.4, -0.2) is 57.8 Å². The number of hydrogen-bond donors (Lipinski definition) is 1. The Hall–Kier alpha value is -2.48. The van der Waals surface area contributed by atoms with Crippen LogP contribution in [0.3, 0.4) is 0 Å². The average Bonchev–Trinajstić information content (AvgIpc) is 3.20. The van der Waals surface area contributed by atoms with Crippen molar-refractivity contribution in [2.24, 2.45) is 0 Å². The Kier molecular flexibility index (Phi) is 5.05. The lowest BCUT2D eigenvalue weighted by atomic mass is 10.2. The number of nitrogens with one attached hydrogen (secondary N) is 1. The van der Waals surface area contributed by atoms with Crippen molar-refractivity contribution in [3.05, 3.63) is 36.8 Å². The Morgan fingerprint density at radius 2 is 2.33 bits per heavy atom. The minimum Gasteiger partial charge on any atom is -0.380 e. The highest BCUT2D eigenvalue weighted by Crippen LogP contribution is 2.24. The molecular weight excluding hydrogens is 308 g/mol. The Bertz CT molecular complexity index is 674. The zero-order valence-corrected chi connectivity index (χ0v) is 13.9. The predicted octanol–water partition coefficient (Wildman–Crippen LogP) is 0.392. The maximum Gasteiger partial charge on any atom is 0.240 e. The molecule has 8 nitrogen and oxygen atoms in total. The maximum absolute atomic E-state index is 12.2. The number of imidazole rings is 1. The zero-order valence-electron chi connectivity index (χ0n) is 13.9. The summed E-state index contributed by atoms with van der Waals surface area (Å²) in [6.45, 7) is 3.52. The number of carbonyl (C=O) groups is 1. The van der Waals surface area contributed by atoms with Gasteiger partial charge in [-0.2, -0.15) is 0 Å². The molecule has 1 N–H and O–H groups in total. The molecule has 0 aliphatic carbocycles. The maximum atomic E-state index is 12.2. The molecule has 0 saturated carbocycles. The van der Waals surface area contributed by atoms with Crippen LogP contribution in [0, 0.1) is 6.92 Å². The van der Waals surface area contributed by atoms with Gasteiger partial charge in [0.05, 0.1) is 18.5 Å². The van der Waals surface area contributed by atoms with Crippen molar-refractivity contribution in [2.75, 3.05) is 25.1 Å². The summed E-state index contributed by atoms with van der Waals surface area (Å²) in [6.07, 6.45) is 7.65. The molecule has 1 amide bonds. The first-order valence-electron chi connectivity index (χ1n) is 7.96. The fourth-order valence-corrected chi connectivity index (χ4v) is 2.97. The normalized spacial score (nSPS) is 20.3. The van der Waals surface area contributed by atoms with Crippen LogP contribution in [-0.2, 0) is 16.1 Å². The smallest absolute Gasteiger partial charge is 0.240 e. The highest BCUT2D eigenvalue weighted by Gasteiger charge is 2.33. The highest BCUT2D eigenvalue weighted by molar-refractivity contribution is 5.75. The number of anilines is 1. The molecule has 128 valence electrons. The number of aromatic nitrogens is 4. The van der Waals surface area contributed by atoms with E-state index in [1.54, 1.807) is 25.8 Å². The molecule has 0 unspecified atom stereocenters. The first-order chi connectivity index (χ1) is 11.7. The van der Waals surface area contributed by atoms with Gasteiger partial charge in [0.25, 0.3) is 0 Å². The van der Waals surface area contributed by atoms with Crippen molar-refractivity contribution in [1.82, 2.24) is 24.8 Å². The molecule has 0 aromatic carbocycles. The van der Waals surface area contributed by atoms with Crippen molar-refractivity contribution in [3.8, 4) is 0 Å². The SMILES string of the molecule is CO[C@@H]1C[C@H](CNC(=O)Cn2cncc2C)N(c2ccncn2)C1. The molecule has 1 saturated heterocycles. The van der Waals surface area contributed by atoms with E-state index in [4.69, 9.17) is 4.74 Å². The third-order valence-corrected chi connectivity index (χ3v) is 4.34. The Labute approximate surface area is 140 Å². The van der Waals surface area contributed by atoms with Crippen LogP contribution in [0.15, 0.2) is 31.1 Å². The topological polar surface area (TPSA) is 85.2 Å². The largest absolute Gasteiger partial charge is 0.380 e. The van der Waals surface area contributed by atoms with E-state index in [2.05, 4.69) is 25.2 Å². The average molecular weight is 330 g/mol. The van der Waals surface area contributed by atoms with E-state index in [0.29, 0.717) is 6.54 Å². The summed E-state index contributed by atoms with van der Waals surface area (Å²) in [5.41, 5.74) is 0.966. The van der Waals surface area contributed by atoms with Crippen LogP contribution in [0.2, 0.25) is 0 Å². The van der Waals surface area contributed by atoms with E-state index in [9.17, 15) is 4.79 Å². The molecule has 0 bridgehead atoms. The van der Waals surface area contributed by atoms with Gasteiger partial charge in [0, 0.05) is 38.3 Å². The van der Waals surface area contributed by atoms with Gasteiger partial charge in [-0.1, -0.05) is 0 Å². The van der Waals surface area contributed by atoms with Crippen molar-refractivity contribution in [2.45, 2.75) is 32.0 Å². The van der Waals surface area contributed by atoms with E-state index < -0.39 is 0 Å². The van der Waals surface area contributed by atoms with Gasteiger partial charge in [0.15, 0.2) is 0 Å². The van der Waals surface area contributed by atoms with Crippen molar-refractivity contribution >= 4 is 11.7 Å². The number of ether oxygens (including phenoxy) is 1. The number of rotatable bonds is 6. The summed E-state index contributed by atoms with van der Waals surface area (Å²) in [6, 6.07) is 2.03. The fourth-order valence-electron chi connectivity index (χ4n) is 2.97. The summed E-state index contributed by atoms with van der Waals surface area (Å²) in [4.78, 5) is 26.6. The van der Waals surface area contributed by atoms with Crippen LogP contribution >= 0.6 is 0 Å². The molecule has 0 spiro atoms. The number of methoxy groups -OCH3 is 1. The van der Waals surface area contributed by atoms with Gasteiger partial charge in [-0.3, -0.25) is 4.79 Å². The second kappa shape index (κ2) is 7.39. The van der Waals surface area contributed by atoms with Crippen molar-refractivity contribution in [3.63, 3.8) is 0 Å². The minimum absolute atomic E-state index is 0.0281. The Morgan fingerprint density at radius 1 is 1.46 bits per heavy atom. The van der Waals surface area contributed by atoms with E-state index >= 15 is 0 Å². The summed E-state index contributed by atoms with van der Waals surface area (Å²) in [7, 11) is 1.71. The van der Waals surface area contributed by atoms with Gasteiger partial charge in [0.1, 0.15) is 18.7 Å². The van der Waals surface area contributed by atoms with Gasteiger partial charge in [-0.15, -0.1) is 0 Å². The lowest BCUT2D eigenvalue weighted by Gasteiger charge is -2.25. The number of hydrogen-bond acceptors (Lipinski definition) is 6. The molecule has 1 aliphatic rings. The number of aryl methyl sites for hydroxylation is 1. The second-order valence-electron chi connectivity index (χ2n) is 5.93. The number of amides is 1. The van der Waals surface area contributed by atoms with Gasteiger partial charge in [-0.25, -0.2) is 15.0 Å². The van der Waals surface area contributed by atoms with E-state index in [-0.39, 0.29) is 24.6 Å². The molecule has 3 heterocycles. The van der Waals surface area contributed by atoms with Crippen LogP contribution in [0.1, 0.15) is 12.1 Å². The van der Waals surface area contributed by atoms with Gasteiger partial charge >= 0.3 is 0 Å². The summed E-state index contributed by atoms with van der Waals surface area (Å²) < 4.78 is 7.31. The Balaban J connectivity index is 1.60. The minimum atomic E-state index is -0.0281. The van der Waals surface area contributed by atoms with Crippen molar-refractivity contribution < 1.29 is 9.53 Å². The van der Waals surface area contributed by atoms with Crippen LogP contribution in [0.5, 0.6) is 0 Å². The lowest BCUT2D eigenvalue weighted by Crippen LogP contribution is -2.41.